The summed E-state index contributed by atoms with van der Waals surface area (Å²) in [5.41, 5.74) is 4.34. The van der Waals surface area contributed by atoms with Crippen LogP contribution in [0, 0.1) is 0 Å². The number of hydrogen-bond acceptors (Lipinski definition) is 6. The zero-order chi connectivity index (χ0) is 18.9. The lowest BCUT2D eigenvalue weighted by atomic mass is 10.2. The second-order valence-electron chi connectivity index (χ2n) is 6.21. The number of fused-ring (bicyclic) bond motifs is 1. The number of rotatable bonds is 4. The van der Waals surface area contributed by atoms with E-state index in [0.717, 1.165) is 39.3 Å². The fourth-order valence-electron chi connectivity index (χ4n) is 2.98. The minimum atomic E-state index is 0.443. The van der Waals surface area contributed by atoms with Crippen LogP contribution in [0.15, 0.2) is 71.5 Å². The van der Waals surface area contributed by atoms with E-state index in [-0.39, 0.29) is 0 Å². The molecule has 7 nitrogen and oxygen atoms in total. The van der Waals surface area contributed by atoms with Gasteiger partial charge in [0.15, 0.2) is 0 Å². The normalized spacial score (nSPS) is 11.0. The fraction of sp³-hybridized carbons (Fsp3) is 0.0476. The topological polar surface area (TPSA) is 89.7 Å². The summed E-state index contributed by atoms with van der Waals surface area (Å²) < 4.78 is 10.6. The van der Waals surface area contributed by atoms with E-state index in [1.54, 1.807) is 19.5 Å². The third-order valence-electron chi connectivity index (χ3n) is 4.44. The zero-order valence-corrected chi connectivity index (χ0v) is 15.0. The molecular formula is C21H15N5O2. The Morgan fingerprint density at radius 3 is 2.57 bits per heavy atom. The molecule has 3 aromatic heterocycles. The van der Waals surface area contributed by atoms with E-state index >= 15 is 0 Å². The third-order valence-corrected chi connectivity index (χ3v) is 4.44. The van der Waals surface area contributed by atoms with Crippen molar-refractivity contribution in [1.82, 2.24) is 25.1 Å². The largest absolute Gasteiger partial charge is 0.497 e. The first-order valence-electron chi connectivity index (χ1n) is 8.69. The van der Waals surface area contributed by atoms with Gasteiger partial charge >= 0.3 is 0 Å². The molecule has 0 aliphatic heterocycles. The summed E-state index contributed by atoms with van der Waals surface area (Å²) in [6.07, 6.45) is 3.51. The van der Waals surface area contributed by atoms with Crippen LogP contribution in [0.3, 0.4) is 0 Å². The first kappa shape index (κ1) is 16.2. The highest BCUT2D eigenvalue weighted by atomic mass is 16.5. The van der Waals surface area contributed by atoms with Gasteiger partial charge in [0, 0.05) is 29.1 Å². The van der Waals surface area contributed by atoms with E-state index in [4.69, 9.17) is 9.26 Å². The monoisotopic (exact) mass is 369 g/mol. The van der Waals surface area contributed by atoms with Crippen molar-refractivity contribution in [3.63, 3.8) is 0 Å². The smallest absolute Gasteiger partial charge is 0.258 e. The number of methoxy groups -OCH3 is 1. The highest BCUT2D eigenvalue weighted by Crippen LogP contribution is 2.27. The first-order chi connectivity index (χ1) is 13.8. The van der Waals surface area contributed by atoms with E-state index < -0.39 is 0 Å². The molecule has 28 heavy (non-hydrogen) atoms. The van der Waals surface area contributed by atoms with Crippen molar-refractivity contribution in [3.05, 3.63) is 67.0 Å². The second-order valence-corrected chi connectivity index (χ2v) is 6.21. The average Bonchev–Trinajstić information content (AvgIpc) is 3.41. The van der Waals surface area contributed by atoms with Gasteiger partial charge in [-0.1, -0.05) is 5.16 Å². The van der Waals surface area contributed by atoms with Gasteiger partial charge in [0.2, 0.25) is 5.82 Å². The Bertz CT molecular complexity index is 1240. The lowest BCUT2D eigenvalue weighted by molar-refractivity contribution is 0.415. The fourth-order valence-corrected chi connectivity index (χ4v) is 2.98. The molecule has 0 saturated carbocycles. The standard InChI is InChI=1S/C21H15N5O2/c1-27-16-7-4-13(5-8-16)20-25-21(28-26-20)14-6-9-17-18(11-14)24-19(23-17)15-3-2-10-22-12-15/h2-12H,1H3,(H,23,24). The van der Waals surface area contributed by atoms with Gasteiger partial charge in [0.25, 0.3) is 5.89 Å². The Labute approximate surface area is 160 Å². The molecule has 0 saturated heterocycles. The predicted octanol–water partition coefficient (Wildman–Crippen LogP) is 4.35. The molecule has 0 bridgehead atoms. The van der Waals surface area contributed by atoms with Gasteiger partial charge in [-0.05, 0) is 54.6 Å². The summed E-state index contributed by atoms with van der Waals surface area (Å²) in [6, 6.07) is 17.2. The van der Waals surface area contributed by atoms with Crippen molar-refractivity contribution < 1.29 is 9.26 Å². The number of ether oxygens (including phenoxy) is 1. The molecule has 0 aliphatic rings. The molecule has 0 aliphatic carbocycles. The van der Waals surface area contributed by atoms with Crippen molar-refractivity contribution in [1.29, 1.82) is 0 Å². The van der Waals surface area contributed by atoms with Gasteiger partial charge in [-0.25, -0.2) is 4.98 Å². The predicted molar refractivity (Wildman–Crippen MR) is 105 cm³/mol. The Morgan fingerprint density at radius 2 is 1.79 bits per heavy atom. The Balaban J connectivity index is 1.48. The zero-order valence-electron chi connectivity index (χ0n) is 15.0. The van der Waals surface area contributed by atoms with Crippen LogP contribution in [0.2, 0.25) is 0 Å². The summed E-state index contributed by atoms with van der Waals surface area (Å²) in [7, 11) is 1.63. The van der Waals surface area contributed by atoms with Crippen LogP contribution >= 0.6 is 0 Å². The molecule has 0 spiro atoms. The van der Waals surface area contributed by atoms with Gasteiger partial charge in [0.1, 0.15) is 11.6 Å². The van der Waals surface area contributed by atoms with Gasteiger partial charge in [-0.15, -0.1) is 0 Å². The SMILES string of the molecule is COc1ccc(-c2noc(-c3ccc4[nH]c(-c5cccnc5)nc4c3)n2)cc1. The summed E-state index contributed by atoms with van der Waals surface area (Å²) >= 11 is 0. The van der Waals surface area contributed by atoms with Gasteiger partial charge < -0.3 is 14.2 Å². The van der Waals surface area contributed by atoms with Crippen LogP contribution in [-0.4, -0.2) is 32.2 Å². The molecule has 0 fully saturated rings. The summed E-state index contributed by atoms with van der Waals surface area (Å²) in [5.74, 6) is 2.51. The Kier molecular flexibility index (Phi) is 3.83. The molecule has 1 N–H and O–H groups in total. The van der Waals surface area contributed by atoms with Crippen molar-refractivity contribution >= 4 is 11.0 Å². The second kappa shape index (κ2) is 6.62. The summed E-state index contributed by atoms with van der Waals surface area (Å²) in [6.45, 7) is 0. The summed E-state index contributed by atoms with van der Waals surface area (Å²) in [5, 5.41) is 4.09. The van der Waals surface area contributed by atoms with E-state index in [9.17, 15) is 0 Å². The number of pyridine rings is 1. The third kappa shape index (κ3) is 2.88. The van der Waals surface area contributed by atoms with Crippen molar-refractivity contribution in [2.45, 2.75) is 0 Å². The van der Waals surface area contributed by atoms with Crippen molar-refractivity contribution in [2.75, 3.05) is 7.11 Å². The molecule has 136 valence electrons. The van der Waals surface area contributed by atoms with Gasteiger partial charge in [-0.3, -0.25) is 4.98 Å². The minimum absolute atomic E-state index is 0.443. The van der Waals surface area contributed by atoms with E-state index in [0.29, 0.717) is 11.7 Å². The molecule has 3 heterocycles. The highest BCUT2D eigenvalue weighted by Gasteiger charge is 2.13. The number of imidazole rings is 1. The van der Waals surface area contributed by atoms with E-state index in [1.807, 2.05) is 54.6 Å². The molecule has 0 atom stereocenters. The van der Waals surface area contributed by atoms with E-state index in [1.165, 1.54) is 0 Å². The number of aromatic amines is 1. The van der Waals surface area contributed by atoms with Crippen LogP contribution in [0.5, 0.6) is 5.75 Å². The molecule has 0 unspecified atom stereocenters. The number of benzene rings is 2. The molecule has 2 aromatic carbocycles. The molecule has 0 amide bonds. The lowest BCUT2D eigenvalue weighted by Gasteiger charge is -1.99. The first-order valence-corrected chi connectivity index (χ1v) is 8.69. The van der Waals surface area contributed by atoms with Crippen LogP contribution in [0.4, 0.5) is 0 Å². The number of aromatic nitrogens is 5. The van der Waals surface area contributed by atoms with Crippen LogP contribution in [-0.2, 0) is 0 Å². The van der Waals surface area contributed by atoms with Gasteiger partial charge in [0.05, 0.1) is 18.1 Å². The summed E-state index contributed by atoms with van der Waals surface area (Å²) in [4.78, 5) is 16.6. The van der Waals surface area contributed by atoms with Crippen molar-refractivity contribution in [3.8, 4) is 40.0 Å². The number of hydrogen-bond donors (Lipinski definition) is 1. The molecule has 7 heteroatoms. The van der Waals surface area contributed by atoms with Crippen LogP contribution < -0.4 is 4.74 Å². The van der Waals surface area contributed by atoms with Crippen LogP contribution in [0.25, 0.3) is 45.3 Å². The highest BCUT2D eigenvalue weighted by molar-refractivity contribution is 5.83. The maximum absolute atomic E-state index is 5.46. The average molecular weight is 369 g/mol. The Morgan fingerprint density at radius 1 is 0.929 bits per heavy atom. The maximum Gasteiger partial charge on any atom is 0.258 e. The lowest BCUT2D eigenvalue weighted by Crippen LogP contribution is -1.84. The number of nitrogens with one attached hydrogen (secondary N) is 1. The molecule has 0 radical (unpaired) electrons. The minimum Gasteiger partial charge on any atom is -0.497 e. The molecule has 5 aromatic rings. The molecular weight excluding hydrogens is 354 g/mol. The van der Waals surface area contributed by atoms with Gasteiger partial charge in [-0.2, -0.15) is 4.98 Å². The number of nitrogens with zero attached hydrogens (tertiary/aromatic N) is 4. The van der Waals surface area contributed by atoms with E-state index in [2.05, 4.69) is 25.1 Å². The quantitative estimate of drug-likeness (QED) is 0.506. The number of H-pyrrole nitrogens is 1. The van der Waals surface area contributed by atoms with Crippen molar-refractivity contribution in [2.24, 2.45) is 0 Å². The van der Waals surface area contributed by atoms with Crippen LogP contribution in [0.1, 0.15) is 0 Å². The Hall–Kier alpha value is -4.00. The maximum atomic E-state index is 5.46. The molecule has 5 rings (SSSR count).